The Labute approximate surface area is 115 Å². The monoisotopic (exact) mass is 260 g/mol. The van der Waals surface area contributed by atoms with Crippen LogP contribution in [0.15, 0.2) is 18.2 Å². The molecule has 1 N–H and O–H groups in total. The normalized spacial score (nSPS) is 23.9. The van der Waals surface area contributed by atoms with Crippen LogP contribution in [0.1, 0.15) is 48.8 Å². The van der Waals surface area contributed by atoms with E-state index in [0.717, 1.165) is 25.7 Å². The number of carbonyl (C=O) groups is 1. The average Bonchev–Trinajstić information content (AvgIpc) is 2.59. The summed E-state index contributed by atoms with van der Waals surface area (Å²) < 4.78 is 0. The second-order valence-corrected chi connectivity index (χ2v) is 5.92. The van der Waals surface area contributed by atoms with Crippen molar-refractivity contribution in [1.29, 1.82) is 0 Å². The zero-order valence-electron chi connectivity index (χ0n) is 12.0. The molecule has 1 fully saturated rings. The van der Waals surface area contributed by atoms with Gasteiger partial charge in [-0.25, -0.2) is 0 Å². The maximum absolute atomic E-state index is 11.5. The Morgan fingerprint density at radius 2 is 1.79 bits per heavy atom. The highest BCUT2D eigenvalue weighted by Gasteiger charge is 2.29. The summed E-state index contributed by atoms with van der Waals surface area (Å²) in [5.41, 5.74) is 3.96. The molecule has 0 amide bonds. The molecule has 19 heavy (non-hydrogen) atoms. The van der Waals surface area contributed by atoms with Gasteiger partial charge in [0, 0.05) is 0 Å². The van der Waals surface area contributed by atoms with Gasteiger partial charge in [0.05, 0.1) is 5.92 Å². The second kappa shape index (κ2) is 6.23. The molecule has 1 saturated carbocycles. The van der Waals surface area contributed by atoms with Crippen LogP contribution < -0.4 is 0 Å². The summed E-state index contributed by atoms with van der Waals surface area (Å²) in [4.78, 5) is 11.5. The molecule has 0 radical (unpaired) electrons. The molecule has 1 aromatic carbocycles. The van der Waals surface area contributed by atoms with Crippen molar-refractivity contribution in [2.24, 2.45) is 11.8 Å². The standard InChI is InChI=1S/C17H24O2/c1-12-7-6-8-13(2)16(12)11-14-9-4-3-5-10-15(14)17(18)19/h6-8,14-15H,3-5,9-11H2,1-2H3,(H,18,19). The lowest BCUT2D eigenvalue weighted by molar-refractivity contribution is -0.143. The minimum absolute atomic E-state index is 0.151. The van der Waals surface area contributed by atoms with E-state index in [1.54, 1.807) is 0 Å². The molecule has 2 rings (SSSR count). The van der Waals surface area contributed by atoms with Gasteiger partial charge in [0.1, 0.15) is 0 Å². The Morgan fingerprint density at radius 3 is 2.42 bits per heavy atom. The number of hydrogen-bond donors (Lipinski definition) is 1. The summed E-state index contributed by atoms with van der Waals surface area (Å²) in [7, 11) is 0. The Balaban J connectivity index is 2.21. The van der Waals surface area contributed by atoms with Gasteiger partial charge < -0.3 is 5.11 Å². The van der Waals surface area contributed by atoms with E-state index in [1.165, 1.54) is 29.5 Å². The summed E-state index contributed by atoms with van der Waals surface area (Å²) in [6.07, 6.45) is 6.28. The van der Waals surface area contributed by atoms with E-state index < -0.39 is 5.97 Å². The van der Waals surface area contributed by atoms with E-state index in [9.17, 15) is 9.90 Å². The number of carboxylic acid groups (broad SMARTS) is 1. The van der Waals surface area contributed by atoms with Gasteiger partial charge >= 0.3 is 5.97 Å². The first-order valence-electron chi connectivity index (χ1n) is 7.37. The third kappa shape index (κ3) is 3.37. The van der Waals surface area contributed by atoms with Gasteiger partial charge in [-0.3, -0.25) is 4.79 Å². The lowest BCUT2D eigenvalue weighted by Crippen LogP contribution is -2.24. The van der Waals surface area contributed by atoms with E-state index >= 15 is 0 Å². The fraction of sp³-hybridized carbons (Fsp3) is 0.588. The summed E-state index contributed by atoms with van der Waals surface area (Å²) >= 11 is 0. The number of benzene rings is 1. The van der Waals surface area contributed by atoms with Crippen molar-refractivity contribution in [3.05, 3.63) is 34.9 Å². The van der Waals surface area contributed by atoms with Crippen molar-refractivity contribution >= 4 is 5.97 Å². The summed E-state index contributed by atoms with van der Waals surface area (Å²) in [5, 5.41) is 9.45. The van der Waals surface area contributed by atoms with Crippen LogP contribution in [0.4, 0.5) is 0 Å². The van der Waals surface area contributed by atoms with E-state index in [0.29, 0.717) is 5.92 Å². The van der Waals surface area contributed by atoms with Crippen molar-refractivity contribution in [2.75, 3.05) is 0 Å². The molecule has 0 saturated heterocycles. The molecule has 2 unspecified atom stereocenters. The first-order chi connectivity index (χ1) is 9.09. The Kier molecular flexibility index (Phi) is 4.62. The van der Waals surface area contributed by atoms with E-state index in [4.69, 9.17) is 0 Å². The van der Waals surface area contributed by atoms with Crippen molar-refractivity contribution in [2.45, 2.75) is 52.4 Å². The predicted molar refractivity (Wildman–Crippen MR) is 77.3 cm³/mol. The van der Waals surface area contributed by atoms with E-state index in [1.807, 2.05) is 0 Å². The molecule has 104 valence electrons. The molecule has 0 aliphatic heterocycles. The zero-order valence-corrected chi connectivity index (χ0v) is 12.0. The molecule has 1 aliphatic rings. The Hall–Kier alpha value is -1.31. The van der Waals surface area contributed by atoms with Crippen molar-refractivity contribution in [3.63, 3.8) is 0 Å². The third-order valence-corrected chi connectivity index (χ3v) is 4.59. The second-order valence-electron chi connectivity index (χ2n) is 5.92. The molecule has 0 bridgehead atoms. The molecule has 0 spiro atoms. The largest absolute Gasteiger partial charge is 0.481 e. The van der Waals surface area contributed by atoms with Crippen LogP contribution in [0.3, 0.4) is 0 Å². The predicted octanol–water partition coefficient (Wildman–Crippen LogP) is 4.13. The molecule has 0 aromatic heterocycles. The zero-order chi connectivity index (χ0) is 13.8. The minimum atomic E-state index is -0.599. The highest BCUT2D eigenvalue weighted by Crippen LogP contribution is 2.33. The van der Waals surface area contributed by atoms with Crippen LogP contribution >= 0.6 is 0 Å². The average molecular weight is 260 g/mol. The number of carboxylic acids is 1. The molecule has 1 aromatic rings. The highest BCUT2D eigenvalue weighted by molar-refractivity contribution is 5.70. The molecule has 0 heterocycles. The maximum Gasteiger partial charge on any atom is 0.306 e. The maximum atomic E-state index is 11.5. The van der Waals surface area contributed by atoms with Gasteiger partial charge in [-0.15, -0.1) is 0 Å². The van der Waals surface area contributed by atoms with Gasteiger partial charge in [-0.1, -0.05) is 37.5 Å². The van der Waals surface area contributed by atoms with Crippen molar-refractivity contribution in [3.8, 4) is 0 Å². The Morgan fingerprint density at radius 1 is 1.16 bits per heavy atom. The topological polar surface area (TPSA) is 37.3 Å². The Bertz CT molecular complexity index is 430. The molecular weight excluding hydrogens is 236 g/mol. The molecule has 1 aliphatic carbocycles. The molecule has 2 nitrogen and oxygen atoms in total. The van der Waals surface area contributed by atoms with E-state index in [-0.39, 0.29) is 5.92 Å². The third-order valence-electron chi connectivity index (χ3n) is 4.59. The van der Waals surface area contributed by atoms with Gasteiger partial charge in [0.15, 0.2) is 0 Å². The SMILES string of the molecule is Cc1cccc(C)c1CC1CCCCCC1C(=O)O. The van der Waals surface area contributed by atoms with Gasteiger partial charge in [-0.05, 0) is 55.7 Å². The number of aliphatic carboxylic acids is 1. The fourth-order valence-electron chi connectivity index (χ4n) is 3.39. The number of hydrogen-bond acceptors (Lipinski definition) is 1. The first-order valence-corrected chi connectivity index (χ1v) is 7.37. The van der Waals surface area contributed by atoms with Gasteiger partial charge in [0.25, 0.3) is 0 Å². The molecule has 2 atom stereocenters. The van der Waals surface area contributed by atoms with Gasteiger partial charge in [0.2, 0.25) is 0 Å². The summed E-state index contributed by atoms with van der Waals surface area (Å²) in [6, 6.07) is 6.35. The van der Waals surface area contributed by atoms with Gasteiger partial charge in [-0.2, -0.15) is 0 Å². The minimum Gasteiger partial charge on any atom is -0.481 e. The van der Waals surface area contributed by atoms with Crippen LogP contribution in [-0.4, -0.2) is 11.1 Å². The van der Waals surface area contributed by atoms with Crippen LogP contribution in [-0.2, 0) is 11.2 Å². The van der Waals surface area contributed by atoms with Crippen molar-refractivity contribution < 1.29 is 9.90 Å². The molecular formula is C17H24O2. The van der Waals surface area contributed by atoms with Crippen LogP contribution in [0.2, 0.25) is 0 Å². The summed E-state index contributed by atoms with van der Waals surface area (Å²) in [6.45, 7) is 4.27. The smallest absolute Gasteiger partial charge is 0.306 e. The lowest BCUT2D eigenvalue weighted by atomic mass is 9.81. The van der Waals surface area contributed by atoms with Crippen LogP contribution in [0.25, 0.3) is 0 Å². The van der Waals surface area contributed by atoms with Crippen molar-refractivity contribution in [1.82, 2.24) is 0 Å². The van der Waals surface area contributed by atoms with Crippen LogP contribution in [0, 0.1) is 25.7 Å². The van der Waals surface area contributed by atoms with Crippen LogP contribution in [0.5, 0.6) is 0 Å². The quantitative estimate of drug-likeness (QED) is 0.830. The number of aryl methyl sites for hydroxylation is 2. The van der Waals surface area contributed by atoms with E-state index in [2.05, 4.69) is 32.0 Å². The molecule has 2 heteroatoms. The summed E-state index contributed by atoms with van der Waals surface area (Å²) in [5.74, 6) is -0.445. The highest BCUT2D eigenvalue weighted by atomic mass is 16.4. The first kappa shape index (κ1) is 14.1. The number of rotatable bonds is 3. The lowest BCUT2D eigenvalue weighted by Gasteiger charge is -2.23. The fourth-order valence-corrected chi connectivity index (χ4v) is 3.39.